The largest absolute Gasteiger partial charge is 0.315 e. The zero-order valence-corrected chi connectivity index (χ0v) is 17.3. The molecule has 2 fully saturated rings. The van der Waals surface area contributed by atoms with Crippen LogP contribution in [0, 0.1) is 17.3 Å². The molecule has 0 bridgehead atoms. The van der Waals surface area contributed by atoms with Crippen LogP contribution in [0.3, 0.4) is 0 Å². The molecule has 2 rings (SSSR count). The first-order valence-corrected chi connectivity index (χ1v) is 10.3. The van der Waals surface area contributed by atoms with Gasteiger partial charge >= 0.3 is 0 Å². The highest BCUT2D eigenvalue weighted by Gasteiger charge is 2.59. The third-order valence-corrected chi connectivity index (χ3v) is 7.35. The van der Waals surface area contributed by atoms with Gasteiger partial charge in [-0.15, -0.1) is 0 Å². The van der Waals surface area contributed by atoms with Gasteiger partial charge in [0.05, 0.1) is 20.6 Å². The number of quaternary nitrogens is 1. The van der Waals surface area contributed by atoms with Crippen molar-refractivity contribution in [3.63, 3.8) is 0 Å². The van der Waals surface area contributed by atoms with Crippen molar-refractivity contribution in [2.75, 3.05) is 27.2 Å². The lowest BCUT2D eigenvalue weighted by atomic mass is 9.65. The Morgan fingerprint density at radius 3 is 2.38 bits per heavy atom. The van der Waals surface area contributed by atoms with E-state index in [2.05, 4.69) is 48.4 Å². The first-order chi connectivity index (χ1) is 11.2. The van der Waals surface area contributed by atoms with Crippen molar-refractivity contribution >= 4 is 0 Å². The van der Waals surface area contributed by atoms with Crippen molar-refractivity contribution in [1.82, 2.24) is 0 Å². The predicted molar refractivity (Wildman–Crippen MR) is 104 cm³/mol. The SMILES string of the molecule is C=C(CC)C1CCCCC(C)C(C)(C[N+](C)(C)C2(CCC)CO2)C1. The number of hydrogen-bond acceptors (Lipinski definition) is 1. The van der Waals surface area contributed by atoms with Crippen molar-refractivity contribution in [2.45, 2.75) is 84.8 Å². The molecule has 2 nitrogen and oxygen atoms in total. The Bertz CT molecular complexity index is 437. The highest BCUT2D eigenvalue weighted by atomic mass is 16.6. The fourth-order valence-electron chi connectivity index (χ4n) is 5.23. The molecular weight excluding hydrogens is 294 g/mol. The maximum atomic E-state index is 6.03. The molecule has 0 radical (unpaired) electrons. The van der Waals surface area contributed by atoms with Gasteiger partial charge in [0.25, 0.3) is 0 Å². The molecule has 24 heavy (non-hydrogen) atoms. The standard InChI is InChI=1S/C22H42NO/c1-8-14-22(17-24-22)23(6,7)16-21(5)15-20(18(3)9-2)13-11-10-12-19(21)4/h19-20H,3,8-17H2,1-2,4-7H3/q+1. The zero-order valence-electron chi connectivity index (χ0n) is 17.3. The van der Waals surface area contributed by atoms with Gasteiger partial charge in [0, 0.05) is 11.8 Å². The number of ether oxygens (including phenoxy) is 1. The molecule has 4 atom stereocenters. The molecule has 2 aliphatic rings. The molecule has 0 N–H and O–H groups in total. The fraction of sp³-hybridized carbons (Fsp3) is 0.909. The van der Waals surface area contributed by atoms with Crippen molar-refractivity contribution in [1.29, 1.82) is 0 Å². The van der Waals surface area contributed by atoms with E-state index in [1.807, 2.05) is 0 Å². The molecule has 1 aliphatic heterocycles. The van der Waals surface area contributed by atoms with E-state index in [0.29, 0.717) is 11.3 Å². The Kier molecular flexibility index (Phi) is 6.24. The lowest BCUT2D eigenvalue weighted by Gasteiger charge is -2.47. The van der Waals surface area contributed by atoms with Crippen LogP contribution >= 0.6 is 0 Å². The van der Waals surface area contributed by atoms with E-state index < -0.39 is 0 Å². The second kappa shape index (κ2) is 7.50. The minimum Gasteiger partial charge on any atom is -0.315 e. The Labute approximate surface area is 151 Å². The van der Waals surface area contributed by atoms with E-state index in [4.69, 9.17) is 4.74 Å². The van der Waals surface area contributed by atoms with Gasteiger partial charge in [-0.05, 0) is 43.9 Å². The van der Waals surface area contributed by atoms with Crippen LogP contribution in [0.1, 0.15) is 79.1 Å². The molecule has 2 heteroatoms. The van der Waals surface area contributed by atoms with E-state index in [0.717, 1.165) is 23.4 Å². The fourth-order valence-corrected chi connectivity index (χ4v) is 5.23. The Balaban J connectivity index is 2.20. The van der Waals surface area contributed by atoms with E-state index in [9.17, 15) is 0 Å². The quantitative estimate of drug-likeness (QED) is 0.326. The first kappa shape index (κ1) is 20.0. The Morgan fingerprint density at radius 2 is 1.83 bits per heavy atom. The molecule has 0 aromatic heterocycles. The summed E-state index contributed by atoms with van der Waals surface area (Å²) in [6.45, 7) is 16.2. The van der Waals surface area contributed by atoms with Crippen LogP contribution in [-0.2, 0) is 4.74 Å². The second-order valence-electron chi connectivity index (χ2n) is 9.58. The highest BCUT2D eigenvalue weighted by molar-refractivity contribution is 5.03. The maximum Gasteiger partial charge on any atom is 0.227 e. The van der Waals surface area contributed by atoms with Gasteiger partial charge in [-0.1, -0.05) is 52.7 Å². The maximum absolute atomic E-state index is 6.03. The smallest absolute Gasteiger partial charge is 0.227 e. The summed E-state index contributed by atoms with van der Waals surface area (Å²) in [4.78, 5) is 0. The van der Waals surface area contributed by atoms with Gasteiger partial charge in [-0.3, -0.25) is 4.48 Å². The summed E-state index contributed by atoms with van der Waals surface area (Å²) in [5, 5.41) is 0. The average molecular weight is 337 g/mol. The average Bonchev–Trinajstić information content (AvgIpc) is 3.29. The minimum absolute atomic E-state index is 0.0944. The Morgan fingerprint density at radius 1 is 1.21 bits per heavy atom. The number of likely N-dealkylation sites (N-methyl/N-ethyl adjacent to an activating group) is 1. The van der Waals surface area contributed by atoms with Crippen LogP contribution in [-0.4, -0.2) is 37.5 Å². The third kappa shape index (κ3) is 4.07. The van der Waals surface area contributed by atoms with Crippen LogP contribution < -0.4 is 0 Å². The topological polar surface area (TPSA) is 12.5 Å². The number of rotatable bonds is 7. The second-order valence-corrected chi connectivity index (χ2v) is 9.58. The van der Waals surface area contributed by atoms with Crippen LogP contribution in [0.4, 0.5) is 0 Å². The molecule has 4 unspecified atom stereocenters. The lowest BCUT2D eigenvalue weighted by Crippen LogP contribution is -2.58. The lowest BCUT2D eigenvalue weighted by molar-refractivity contribution is -0.944. The highest BCUT2D eigenvalue weighted by Crippen LogP contribution is 2.48. The van der Waals surface area contributed by atoms with E-state index >= 15 is 0 Å². The van der Waals surface area contributed by atoms with E-state index in [1.54, 1.807) is 0 Å². The molecule has 0 aromatic carbocycles. The number of epoxide rings is 1. The van der Waals surface area contributed by atoms with Crippen molar-refractivity contribution in [3.05, 3.63) is 12.2 Å². The molecule has 1 saturated carbocycles. The van der Waals surface area contributed by atoms with Crippen molar-refractivity contribution < 1.29 is 9.22 Å². The summed E-state index contributed by atoms with van der Waals surface area (Å²) in [5.74, 6) is 1.49. The summed E-state index contributed by atoms with van der Waals surface area (Å²) in [5.41, 5.74) is 1.95. The molecule has 0 amide bonds. The van der Waals surface area contributed by atoms with Gasteiger partial charge in [0.15, 0.2) is 0 Å². The summed E-state index contributed by atoms with van der Waals surface area (Å²) in [7, 11) is 4.81. The molecule has 0 spiro atoms. The summed E-state index contributed by atoms with van der Waals surface area (Å²) >= 11 is 0. The number of hydrogen-bond donors (Lipinski definition) is 0. The molecule has 0 aromatic rings. The van der Waals surface area contributed by atoms with Crippen molar-refractivity contribution in [3.8, 4) is 0 Å². The van der Waals surface area contributed by atoms with Gasteiger partial charge < -0.3 is 4.74 Å². The molecule has 1 saturated heterocycles. The molecular formula is C22H42NO+. The van der Waals surface area contributed by atoms with Crippen LogP contribution in [0.25, 0.3) is 0 Å². The summed E-state index contributed by atoms with van der Waals surface area (Å²) in [6, 6.07) is 0. The summed E-state index contributed by atoms with van der Waals surface area (Å²) in [6.07, 6.45) is 10.3. The molecule has 1 aliphatic carbocycles. The minimum atomic E-state index is 0.0944. The normalized spacial score (nSPS) is 37.6. The van der Waals surface area contributed by atoms with Crippen LogP contribution in [0.15, 0.2) is 12.2 Å². The van der Waals surface area contributed by atoms with Crippen LogP contribution in [0.2, 0.25) is 0 Å². The van der Waals surface area contributed by atoms with Crippen LogP contribution in [0.5, 0.6) is 0 Å². The number of nitrogens with zero attached hydrogens (tertiary/aromatic N) is 1. The third-order valence-electron chi connectivity index (χ3n) is 7.35. The van der Waals surface area contributed by atoms with Gasteiger partial charge in [0.1, 0.15) is 6.61 Å². The zero-order chi connectivity index (χ0) is 18.0. The molecule has 1 heterocycles. The van der Waals surface area contributed by atoms with Gasteiger partial charge in [0.2, 0.25) is 5.72 Å². The van der Waals surface area contributed by atoms with E-state index in [-0.39, 0.29) is 5.72 Å². The molecule has 140 valence electrons. The van der Waals surface area contributed by atoms with E-state index in [1.165, 1.54) is 57.1 Å². The Hall–Kier alpha value is -0.340. The number of allylic oxidation sites excluding steroid dienone is 1. The van der Waals surface area contributed by atoms with Gasteiger partial charge in [-0.2, -0.15) is 0 Å². The first-order valence-electron chi connectivity index (χ1n) is 10.3. The monoisotopic (exact) mass is 336 g/mol. The predicted octanol–water partition coefficient (Wildman–Crippen LogP) is 5.78. The van der Waals surface area contributed by atoms with Gasteiger partial charge in [-0.25, -0.2) is 0 Å². The van der Waals surface area contributed by atoms with Crippen molar-refractivity contribution in [2.24, 2.45) is 17.3 Å². The summed E-state index contributed by atoms with van der Waals surface area (Å²) < 4.78 is 7.05.